The molecule has 0 spiro atoms. The number of rotatable bonds is 8. The van der Waals surface area contributed by atoms with Gasteiger partial charge in [-0.1, -0.05) is 20.3 Å². The molecule has 1 atom stereocenters. The Kier molecular flexibility index (Phi) is 9.64. The van der Waals surface area contributed by atoms with Gasteiger partial charge in [0, 0.05) is 7.11 Å². The van der Waals surface area contributed by atoms with E-state index >= 15 is 0 Å². The summed E-state index contributed by atoms with van der Waals surface area (Å²) in [7, 11) is 0.542. The molecule has 0 fully saturated rings. The van der Waals surface area contributed by atoms with Crippen molar-refractivity contribution in [1.29, 1.82) is 0 Å². The van der Waals surface area contributed by atoms with Gasteiger partial charge in [0.05, 0.1) is 13.2 Å². The zero-order valence-corrected chi connectivity index (χ0v) is 9.10. The van der Waals surface area contributed by atoms with Crippen LogP contribution in [-0.4, -0.2) is 20.3 Å². The fourth-order valence-corrected chi connectivity index (χ4v) is 1.49. The van der Waals surface area contributed by atoms with E-state index in [0.29, 0.717) is 6.61 Å². The van der Waals surface area contributed by atoms with Crippen molar-refractivity contribution in [3.8, 4) is 0 Å². The molecular formula is C8H19O3P. The molecule has 0 aromatic carbocycles. The summed E-state index contributed by atoms with van der Waals surface area (Å²) in [4.78, 5) is 0. The lowest BCUT2D eigenvalue weighted by molar-refractivity contribution is 0.179. The molecule has 0 aromatic heterocycles. The lowest BCUT2D eigenvalue weighted by Crippen LogP contribution is -1.95. The summed E-state index contributed by atoms with van der Waals surface area (Å²) in [5, 5.41) is 0. The van der Waals surface area contributed by atoms with Crippen molar-refractivity contribution in [1.82, 2.24) is 0 Å². The van der Waals surface area contributed by atoms with E-state index in [4.69, 9.17) is 13.6 Å². The summed E-state index contributed by atoms with van der Waals surface area (Å²) in [5.74, 6) is 0. The molecule has 0 rings (SSSR count). The highest BCUT2D eigenvalue weighted by atomic mass is 31.2. The van der Waals surface area contributed by atoms with Crippen molar-refractivity contribution in [2.75, 3.05) is 20.3 Å². The fraction of sp³-hybridized carbons (Fsp3) is 1.00. The monoisotopic (exact) mass is 194 g/mol. The Hall–Kier alpha value is 0.310. The number of unbranched alkanes of at least 4 members (excludes halogenated alkanes) is 1. The third-order valence-corrected chi connectivity index (χ3v) is 2.33. The highest BCUT2D eigenvalue weighted by Crippen LogP contribution is 2.38. The molecular weight excluding hydrogens is 175 g/mol. The zero-order valence-electron chi connectivity index (χ0n) is 8.21. The maximum atomic E-state index is 5.35. The van der Waals surface area contributed by atoms with Crippen LogP contribution in [0.3, 0.4) is 0 Å². The van der Waals surface area contributed by atoms with Crippen LogP contribution in [0.25, 0.3) is 0 Å². The van der Waals surface area contributed by atoms with Crippen LogP contribution < -0.4 is 0 Å². The molecule has 0 aromatic rings. The first kappa shape index (κ1) is 12.3. The minimum absolute atomic E-state index is 0.714. The van der Waals surface area contributed by atoms with Crippen molar-refractivity contribution in [2.24, 2.45) is 0 Å². The van der Waals surface area contributed by atoms with E-state index in [1.54, 1.807) is 7.11 Å². The maximum Gasteiger partial charge on any atom is 0.332 e. The summed E-state index contributed by atoms with van der Waals surface area (Å²) in [6.07, 6.45) is 3.21. The quantitative estimate of drug-likeness (QED) is 0.439. The van der Waals surface area contributed by atoms with Crippen LogP contribution in [0.1, 0.15) is 33.1 Å². The van der Waals surface area contributed by atoms with Gasteiger partial charge in [0.1, 0.15) is 0 Å². The minimum atomic E-state index is -1.08. The van der Waals surface area contributed by atoms with Gasteiger partial charge in [-0.05, 0) is 12.8 Å². The van der Waals surface area contributed by atoms with Crippen LogP contribution in [0.15, 0.2) is 0 Å². The van der Waals surface area contributed by atoms with Gasteiger partial charge in [-0.2, -0.15) is 0 Å². The second kappa shape index (κ2) is 9.40. The van der Waals surface area contributed by atoms with Crippen LogP contribution in [0.4, 0.5) is 0 Å². The summed E-state index contributed by atoms with van der Waals surface area (Å²) >= 11 is 0. The standard InChI is InChI=1S/C8H19O3P/c1-4-6-8-11-12(9-3)10-7-5-2/h4-8H2,1-3H3. The lowest BCUT2D eigenvalue weighted by Gasteiger charge is -2.13. The molecule has 12 heavy (non-hydrogen) atoms. The smallest absolute Gasteiger partial charge is 0.316 e. The SMILES string of the molecule is CCCCOP(OC)OCCC. The van der Waals surface area contributed by atoms with Crippen LogP contribution >= 0.6 is 8.60 Å². The molecule has 74 valence electrons. The van der Waals surface area contributed by atoms with E-state index in [2.05, 4.69) is 13.8 Å². The first-order valence-electron chi connectivity index (χ1n) is 4.45. The fourth-order valence-electron chi connectivity index (χ4n) is 0.592. The van der Waals surface area contributed by atoms with Crippen molar-refractivity contribution >= 4 is 8.60 Å². The van der Waals surface area contributed by atoms with E-state index in [1.165, 1.54) is 0 Å². The Morgan fingerprint density at radius 1 is 1.00 bits per heavy atom. The average molecular weight is 194 g/mol. The molecule has 1 unspecified atom stereocenters. The van der Waals surface area contributed by atoms with E-state index in [-0.39, 0.29) is 0 Å². The van der Waals surface area contributed by atoms with Crippen molar-refractivity contribution in [2.45, 2.75) is 33.1 Å². The van der Waals surface area contributed by atoms with E-state index in [0.717, 1.165) is 25.9 Å². The summed E-state index contributed by atoms with van der Waals surface area (Å²) < 4.78 is 15.7. The zero-order chi connectivity index (χ0) is 9.23. The van der Waals surface area contributed by atoms with E-state index < -0.39 is 8.60 Å². The van der Waals surface area contributed by atoms with Crippen LogP contribution in [0, 0.1) is 0 Å². The normalized spacial score (nSPS) is 13.2. The second-order valence-electron chi connectivity index (χ2n) is 2.43. The molecule has 0 amide bonds. The van der Waals surface area contributed by atoms with Crippen molar-refractivity contribution in [3.05, 3.63) is 0 Å². The molecule has 3 nitrogen and oxygen atoms in total. The van der Waals surface area contributed by atoms with Crippen LogP contribution in [0.2, 0.25) is 0 Å². The van der Waals surface area contributed by atoms with Gasteiger partial charge >= 0.3 is 8.60 Å². The Morgan fingerprint density at radius 2 is 1.67 bits per heavy atom. The highest BCUT2D eigenvalue weighted by molar-refractivity contribution is 7.41. The Labute approximate surface area is 76.4 Å². The molecule has 0 heterocycles. The molecule has 0 saturated carbocycles. The molecule has 4 heteroatoms. The lowest BCUT2D eigenvalue weighted by atomic mass is 10.4. The maximum absolute atomic E-state index is 5.35. The molecule has 0 N–H and O–H groups in total. The third kappa shape index (κ3) is 6.99. The van der Waals surface area contributed by atoms with Crippen LogP contribution in [-0.2, 0) is 13.6 Å². The van der Waals surface area contributed by atoms with Gasteiger partial charge in [0.2, 0.25) is 0 Å². The van der Waals surface area contributed by atoms with Gasteiger partial charge in [-0.25, -0.2) is 0 Å². The van der Waals surface area contributed by atoms with Gasteiger partial charge in [-0.3, -0.25) is 0 Å². The van der Waals surface area contributed by atoms with E-state index in [9.17, 15) is 0 Å². The minimum Gasteiger partial charge on any atom is -0.316 e. The summed E-state index contributed by atoms with van der Waals surface area (Å²) in [6, 6.07) is 0. The molecule has 0 aliphatic heterocycles. The molecule has 0 bridgehead atoms. The second-order valence-corrected chi connectivity index (χ2v) is 3.75. The Balaban J connectivity index is 3.26. The number of hydrogen-bond acceptors (Lipinski definition) is 3. The van der Waals surface area contributed by atoms with Gasteiger partial charge in [-0.15, -0.1) is 0 Å². The first-order chi connectivity index (χ1) is 5.85. The highest BCUT2D eigenvalue weighted by Gasteiger charge is 2.08. The van der Waals surface area contributed by atoms with Crippen molar-refractivity contribution < 1.29 is 13.6 Å². The Bertz CT molecular complexity index is 90.4. The number of hydrogen-bond donors (Lipinski definition) is 0. The van der Waals surface area contributed by atoms with Crippen LogP contribution in [0.5, 0.6) is 0 Å². The third-order valence-electron chi connectivity index (χ3n) is 1.24. The molecule has 0 aliphatic carbocycles. The Morgan fingerprint density at radius 3 is 2.17 bits per heavy atom. The van der Waals surface area contributed by atoms with Gasteiger partial charge in [0.25, 0.3) is 0 Å². The average Bonchev–Trinajstić information content (AvgIpc) is 2.11. The van der Waals surface area contributed by atoms with E-state index in [1.807, 2.05) is 0 Å². The molecule has 0 radical (unpaired) electrons. The van der Waals surface area contributed by atoms with Gasteiger partial charge < -0.3 is 13.6 Å². The molecule has 0 aliphatic rings. The topological polar surface area (TPSA) is 27.7 Å². The summed E-state index contributed by atoms with van der Waals surface area (Å²) in [5.41, 5.74) is 0. The predicted molar refractivity (Wildman–Crippen MR) is 51.0 cm³/mol. The molecule has 0 saturated heterocycles. The van der Waals surface area contributed by atoms with Gasteiger partial charge in [0.15, 0.2) is 0 Å². The predicted octanol–water partition coefficient (Wildman–Crippen LogP) is 3.10. The first-order valence-corrected chi connectivity index (χ1v) is 5.54. The largest absolute Gasteiger partial charge is 0.332 e. The van der Waals surface area contributed by atoms with Crippen molar-refractivity contribution in [3.63, 3.8) is 0 Å². The summed E-state index contributed by atoms with van der Waals surface area (Å²) in [6.45, 7) is 5.64.